The van der Waals surface area contributed by atoms with E-state index in [4.69, 9.17) is 15.0 Å². The lowest BCUT2D eigenvalue weighted by Crippen LogP contribution is -2.49. The Bertz CT molecular complexity index is 661. The molecule has 0 amide bonds. The summed E-state index contributed by atoms with van der Waals surface area (Å²) in [7, 11) is 0. The number of hydrogen-bond acceptors (Lipinski definition) is 4. The maximum absolute atomic E-state index is 9.03. The Morgan fingerprint density at radius 3 is 2.82 bits per heavy atom. The fraction of sp³-hybridized carbons (Fsp3) is 0.619. The molecule has 1 atom stereocenters. The minimum absolute atomic E-state index is 0. The number of hydrogen-bond donors (Lipinski definition) is 2. The minimum atomic E-state index is 0. The topological polar surface area (TPSA) is 72.7 Å². The van der Waals surface area contributed by atoms with Gasteiger partial charge < -0.3 is 20.3 Å². The van der Waals surface area contributed by atoms with Gasteiger partial charge in [0, 0.05) is 38.8 Å². The van der Waals surface area contributed by atoms with Gasteiger partial charge in [0.2, 0.25) is 0 Å². The van der Waals surface area contributed by atoms with Crippen molar-refractivity contribution in [1.82, 2.24) is 15.5 Å². The second kappa shape index (κ2) is 12.2. The van der Waals surface area contributed by atoms with E-state index in [2.05, 4.69) is 28.5 Å². The first-order valence-corrected chi connectivity index (χ1v) is 10.1. The molecule has 0 aliphatic carbocycles. The largest absolute Gasteiger partial charge is 0.381 e. The fourth-order valence-electron chi connectivity index (χ4n) is 3.78. The van der Waals surface area contributed by atoms with Crippen molar-refractivity contribution in [2.24, 2.45) is 10.9 Å². The third kappa shape index (κ3) is 7.22. The van der Waals surface area contributed by atoms with Gasteiger partial charge in [-0.15, -0.1) is 24.0 Å². The molecule has 7 heteroatoms. The van der Waals surface area contributed by atoms with Crippen LogP contribution in [0.3, 0.4) is 0 Å². The molecule has 28 heavy (non-hydrogen) atoms. The number of guanidine groups is 1. The van der Waals surface area contributed by atoms with Crippen LogP contribution in [0, 0.1) is 17.2 Å². The lowest BCUT2D eigenvalue weighted by molar-refractivity contribution is 0.150. The van der Waals surface area contributed by atoms with E-state index in [-0.39, 0.29) is 24.0 Å². The number of likely N-dealkylation sites (tertiary alicyclic amines) is 1. The quantitative estimate of drug-likeness (QED) is 0.360. The number of ether oxygens (including phenoxy) is 1. The average Bonchev–Trinajstić information content (AvgIpc) is 3.21. The van der Waals surface area contributed by atoms with Crippen LogP contribution in [-0.2, 0) is 11.3 Å². The Morgan fingerprint density at radius 2 is 2.14 bits per heavy atom. The van der Waals surface area contributed by atoms with Crippen molar-refractivity contribution in [2.45, 2.75) is 38.8 Å². The lowest BCUT2D eigenvalue weighted by atomic mass is 10.0. The van der Waals surface area contributed by atoms with E-state index in [0.29, 0.717) is 18.2 Å². The van der Waals surface area contributed by atoms with E-state index in [1.54, 1.807) is 0 Å². The summed E-state index contributed by atoms with van der Waals surface area (Å²) in [5.74, 6) is 1.58. The molecule has 2 heterocycles. The molecule has 0 spiro atoms. The first-order chi connectivity index (χ1) is 13.3. The van der Waals surface area contributed by atoms with E-state index in [0.717, 1.165) is 63.1 Å². The van der Waals surface area contributed by atoms with Gasteiger partial charge in [-0.2, -0.15) is 5.26 Å². The predicted molar refractivity (Wildman–Crippen MR) is 123 cm³/mol. The van der Waals surface area contributed by atoms with Crippen LogP contribution in [-0.4, -0.2) is 56.3 Å². The molecular weight excluding hydrogens is 465 g/mol. The maximum atomic E-state index is 9.03. The van der Waals surface area contributed by atoms with Crippen LogP contribution < -0.4 is 10.6 Å². The first kappa shape index (κ1) is 22.9. The Labute approximate surface area is 185 Å². The number of piperidine rings is 1. The number of aliphatic imine (C=N–C) groups is 1. The summed E-state index contributed by atoms with van der Waals surface area (Å²) in [5.41, 5.74) is 1.74. The molecule has 0 bridgehead atoms. The van der Waals surface area contributed by atoms with Crippen molar-refractivity contribution in [1.29, 1.82) is 5.26 Å². The van der Waals surface area contributed by atoms with Gasteiger partial charge >= 0.3 is 0 Å². The normalized spacial score (nSPS) is 21.0. The van der Waals surface area contributed by atoms with Crippen LogP contribution in [0.1, 0.15) is 37.3 Å². The second-order valence-corrected chi connectivity index (χ2v) is 7.46. The SMILES string of the molecule is CCNC(=NCc1cccc(C#N)c1)NC1CCN(CC2CCOC2)CC1.I. The lowest BCUT2D eigenvalue weighted by Gasteiger charge is -2.34. The molecule has 6 nitrogen and oxygen atoms in total. The molecule has 2 saturated heterocycles. The van der Waals surface area contributed by atoms with E-state index in [1.807, 2.05) is 24.3 Å². The van der Waals surface area contributed by atoms with Crippen molar-refractivity contribution in [2.75, 3.05) is 39.4 Å². The van der Waals surface area contributed by atoms with E-state index in [9.17, 15) is 0 Å². The highest BCUT2D eigenvalue weighted by atomic mass is 127. The van der Waals surface area contributed by atoms with Crippen LogP contribution in [0.25, 0.3) is 0 Å². The number of nitrogens with one attached hydrogen (secondary N) is 2. The zero-order valence-electron chi connectivity index (χ0n) is 16.7. The third-order valence-electron chi connectivity index (χ3n) is 5.29. The minimum Gasteiger partial charge on any atom is -0.381 e. The second-order valence-electron chi connectivity index (χ2n) is 7.46. The molecule has 2 N–H and O–H groups in total. The smallest absolute Gasteiger partial charge is 0.191 e. The third-order valence-corrected chi connectivity index (χ3v) is 5.29. The number of nitriles is 1. The molecule has 1 aromatic carbocycles. The van der Waals surface area contributed by atoms with E-state index in [1.165, 1.54) is 13.0 Å². The number of rotatable bonds is 6. The summed E-state index contributed by atoms with van der Waals surface area (Å²) in [6, 6.07) is 10.3. The molecule has 2 aliphatic rings. The molecule has 2 fully saturated rings. The maximum Gasteiger partial charge on any atom is 0.191 e. The van der Waals surface area contributed by atoms with Gasteiger partial charge in [0.25, 0.3) is 0 Å². The highest BCUT2D eigenvalue weighted by Crippen LogP contribution is 2.17. The monoisotopic (exact) mass is 497 g/mol. The fourth-order valence-corrected chi connectivity index (χ4v) is 3.78. The summed E-state index contributed by atoms with van der Waals surface area (Å²) in [6.07, 6.45) is 3.49. The Hall–Kier alpha value is -1.37. The van der Waals surface area contributed by atoms with Crippen molar-refractivity contribution >= 4 is 29.9 Å². The van der Waals surface area contributed by atoms with Crippen molar-refractivity contribution < 1.29 is 4.74 Å². The molecule has 3 rings (SSSR count). The van der Waals surface area contributed by atoms with Gasteiger partial charge in [-0.3, -0.25) is 0 Å². The van der Waals surface area contributed by atoms with Gasteiger partial charge in [-0.1, -0.05) is 12.1 Å². The molecule has 0 aromatic heterocycles. The van der Waals surface area contributed by atoms with Crippen LogP contribution in [0.15, 0.2) is 29.3 Å². The van der Waals surface area contributed by atoms with Gasteiger partial charge in [0.05, 0.1) is 24.8 Å². The first-order valence-electron chi connectivity index (χ1n) is 10.1. The van der Waals surface area contributed by atoms with Crippen LogP contribution >= 0.6 is 24.0 Å². The molecule has 154 valence electrons. The van der Waals surface area contributed by atoms with Gasteiger partial charge in [-0.25, -0.2) is 4.99 Å². The standard InChI is InChI=1S/C21H31N5O.HI/c1-2-23-21(24-14-18-5-3-4-17(12-18)13-22)25-20-6-9-26(10-7-20)15-19-8-11-27-16-19;/h3-5,12,19-20H,2,6-11,14-16H2,1H3,(H2,23,24,25);1H. The Morgan fingerprint density at radius 1 is 1.32 bits per heavy atom. The zero-order valence-corrected chi connectivity index (χ0v) is 19.0. The van der Waals surface area contributed by atoms with Crippen LogP contribution in [0.4, 0.5) is 0 Å². The zero-order chi connectivity index (χ0) is 18.9. The van der Waals surface area contributed by atoms with Crippen molar-refractivity contribution in [3.05, 3.63) is 35.4 Å². The van der Waals surface area contributed by atoms with Crippen LogP contribution in [0.5, 0.6) is 0 Å². The van der Waals surface area contributed by atoms with Crippen molar-refractivity contribution in [3.8, 4) is 6.07 Å². The summed E-state index contributed by atoms with van der Waals surface area (Å²) >= 11 is 0. The molecule has 0 saturated carbocycles. The number of benzene rings is 1. The van der Waals surface area contributed by atoms with Gasteiger partial charge in [0.15, 0.2) is 5.96 Å². The molecule has 2 aliphatic heterocycles. The number of halogens is 1. The van der Waals surface area contributed by atoms with Gasteiger partial charge in [-0.05, 0) is 49.8 Å². The molecule has 1 unspecified atom stereocenters. The Balaban J connectivity index is 0.00000280. The summed E-state index contributed by atoms with van der Waals surface area (Å²) < 4.78 is 5.50. The summed E-state index contributed by atoms with van der Waals surface area (Å²) in [5, 5.41) is 16.0. The van der Waals surface area contributed by atoms with Crippen LogP contribution in [0.2, 0.25) is 0 Å². The van der Waals surface area contributed by atoms with E-state index >= 15 is 0 Å². The molecular formula is C21H32IN5O. The number of nitrogens with zero attached hydrogens (tertiary/aromatic N) is 3. The molecule has 1 aromatic rings. The summed E-state index contributed by atoms with van der Waals surface area (Å²) in [4.78, 5) is 7.29. The average molecular weight is 497 g/mol. The highest BCUT2D eigenvalue weighted by molar-refractivity contribution is 14.0. The van der Waals surface area contributed by atoms with Crippen molar-refractivity contribution in [3.63, 3.8) is 0 Å². The molecule has 0 radical (unpaired) electrons. The van der Waals surface area contributed by atoms with E-state index < -0.39 is 0 Å². The predicted octanol–water partition coefficient (Wildman–Crippen LogP) is 2.73. The van der Waals surface area contributed by atoms with Gasteiger partial charge in [0.1, 0.15) is 0 Å². The highest BCUT2D eigenvalue weighted by Gasteiger charge is 2.24. The Kier molecular flexibility index (Phi) is 10.0. The summed E-state index contributed by atoms with van der Waals surface area (Å²) in [6.45, 7) is 8.81.